The second-order valence-electron chi connectivity index (χ2n) is 9.78. The number of nitrogens with zero attached hydrogens (tertiary/aromatic N) is 4. The number of aromatic nitrogens is 1. The third-order valence-electron chi connectivity index (χ3n) is 7.28. The Morgan fingerprint density at radius 2 is 1.92 bits per heavy atom. The van der Waals surface area contributed by atoms with Gasteiger partial charge in [-0.25, -0.2) is 13.4 Å². The molecule has 9 nitrogen and oxygen atoms in total. The number of thiazole rings is 1. The summed E-state index contributed by atoms with van der Waals surface area (Å²) in [4.78, 5) is 23.2. The summed E-state index contributed by atoms with van der Waals surface area (Å²) in [5, 5.41) is 1.01. The van der Waals surface area contributed by atoms with Gasteiger partial charge in [-0.1, -0.05) is 29.0 Å². The molecular formula is C27H33ClN4O5S2. The molecule has 12 heteroatoms. The van der Waals surface area contributed by atoms with Gasteiger partial charge in [0, 0.05) is 37.7 Å². The number of rotatable bonds is 9. The number of carbonyl (C=O) groups excluding carboxylic acids is 1. The summed E-state index contributed by atoms with van der Waals surface area (Å²) in [5.74, 6) is 0.398. The van der Waals surface area contributed by atoms with Crippen LogP contribution in [0, 0.1) is 6.92 Å². The molecule has 1 atom stereocenters. The highest BCUT2D eigenvalue weighted by Crippen LogP contribution is 2.38. The van der Waals surface area contributed by atoms with E-state index in [1.165, 1.54) is 27.8 Å². The van der Waals surface area contributed by atoms with Crippen LogP contribution in [0.4, 0.5) is 5.13 Å². The Balaban J connectivity index is 1.45. The van der Waals surface area contributed by atoms with Crippen LogP contribution < -0.4 is 9.64 Å². The van der Waals surface area contributed by atoms with Gasteiger partial charge in [0.25, 0.3) is 0 Å². The average molecular weight is 593 g/mol. The van der Waals surface area contributed by atoms with Gasteiger partial charge in [0.05, 0.1) is 29.9 Å². The predicted molar refractivity (Wildman–Crippen MR) is 154 cm³/mol. The molecule has 2 aromatic carbocycles. The lowest BCUT2D eigenvalue weighted by atomic mass is 10.2. The van der Waals surface area contributed by atoms with Crippen LogP contribution in [0.1, 0.15) is 24.8 Å². The molecule has 1 aromatic heterocycles. The van der Waals surface area contributed by atoms with Gasteiger partial charge in [0.15, 0.2) is 5.13 Å². The second-order valence-corrected chi connectivity index (χ2v) is 13.1. The first-order valence-electron chi connectivity index (χ1n) is 13.1. The van der Waals surface area contributed by atoms with E-state index in [-0.39, 0.29) is 17.3 Å². The number of hydrogen-bond acceptors (Lipinski definition) is 8. The lowest BCUT2D eigenvalue weighted by molar-refractivity contribution is -0.121. The van der Waals surface area contributed by atoms with Crippen molar-refractivity contribution in [3.05, 3.63) is 47.0 Å². The van der Waals surface area contributed by atoms with Crippen molar-refractivity contribution in [1.82, 2.24) is 14.2 Å². The number of anilines is 1. The van der Waals surface area contributed by atoms with Crippen molar-refractivity contribution >= 4 is 54.2 Å². The monoisotopic (exact) mass is 592 g/mol. The number of methoxy groups -OCH3 is 1. The summed E-state index contributed by atoms with van der Waals surface area (Å²) in [6, 6.07) is 9.13. The van der Waals surface area contributed by atoms with Crippen molar-refractivity contribution in [2.75, 3.05) is 57.9 Å². The Bertz CT molecular complexity index is 1420. The molecule has 2 saturated heterocycles. The predicted octanol–water partition coefficient (Wildman–Crippen LogP) is 4.18. The maximum Gasteiger partial charge on any atom is 0.247 e. The van der Waals surface area contributed by atoms with E-state index >= 15 is 0 Å². The highest BCUT2D eigenvalue weighted by Gasteiger charge is 2.42. The lowest BCUT2D eigenvalue weighted by Crippen LogP contribution is -2.48. The fraction of sp³-hybridized carbons (Fsp3) is 0.481. The summed E-state index contributed by atoms with van der Waals surface area (Å²) in [7, 11) is -2.27. The molecule has 1 amide bonds. The van der Waals surface area contributed by atoms with Crippen molar-refractivity contribution in [2.45, 2.75) is 37.1 Å². The average Bonchev–Trinajstić information content (AvgIpc) is 3.61. The molecule has 2 fully saturated rings. The highest BCUT2D eigenvalue weighted by atomic mass is 35.5. The van der Waals surface area contributed by atoms with E-state index in [4.69, 9.17) is 26.1 Å². The Morgan fingerprint density at radius 3 is 2.64 bits per heavy atom. The van der Waals surface area contributed by atoms with Gasteiger partial charge in [-0.05, 0) is 62.1 Å². The minimum absolute atomic E-state index is 0.130. The van der Waals surface area contributed by atoms with Gasteiger partial charge in [-0.3, -0.25) is 14.6 Å². The van der Waals surface area contributed by atoms with Crippen molar-refractivity contribution in [1.29, 1.82) is 0 Å². The summed E-state index contributed by atoms with van der Waals surface area (Å²) in [6.45, 7) is 6.68. The Morgan fingerprint density at radius 1 is 1.18 bits per heavy atom. The molecule has 0 bridgehead atoms. The van der Waals surface area contributed by atoms with Gasteiger partial charge in [0.2, 0.25) is 15.9 Å². The maximum absolute atomic E-state index is 14.2. The SMILES string of the molecule is COc1ccc(C)c2sc(N(CCCN3CCOCC3)C(=O)C3CCCN3S(=O)(=O)c3ccc(Cl)cc3)nc12. The molecule has 1 unspecified atom stereocenters. The smallest absolute Gasteiger partial charge is 0.247 e. The Kier molecular flexibility index (Phi) is 8.75. The molecular weight excluding hydrogens is 560 g/mol. The maximum atomic E-state index is 14.2. The van der Waals surface area contributed by atoms with E-state index < -0.39 is 16.1 Å². The third kappa shape index (κ3) is 5.94. The van der Waals surface area contributed by atoms with Crippen LogP contribution in [-0.2, 0) is 19.6 Å². The minimum Gasteiger partial charge on any atom is -0.494 e. The van der Waals surface area contributed by atoms with E-state index in [1.807, 2.05) is 19.1 Å². The second kappa shape index (κ2) is 12.1. The van der Waals surface area contributed by atoms with Crippen molar-refractivity contribution in [3.8, 4) is 5.75 Å². The van der Waals surface area contributed by atoms with Gasteiger partial charge < -0.3 is 9.47 Å². The number of carbonyl (C=O) groups is 1. The molecule has 2 aliphatic rings. The number of benzene rings is 2. The van der Waals surface area contributed by atoms with Crippen LogP contribution >= 0.6 is 22.9 Å². The summed E-state index contributed by atoms with van der Waals surface area (Å²) >= 11 is 7.43. The number of aryl methyl sites for hydroxylation is 1. The minimum atomic E-state index is -3.88. The van der Waals surface area contributed by atoms with Crippen molar-refractivity contribution < 1.29 is 22.7 Å². The standard InChI is InChI=1S/C27H33ClN4O5S2/c1-19-6-11-23(36-2)24-25(19)38-27(29-24)31(13-4-12-30-15-17-37-18-16-30)26(33)22-5-3-14-32(22)39(34,35)21-9-7-20(28)8-10-21/h6-11,22H,3-5,12-18H2,1-2H3. The molecule has 39 heavy (non-hydrogen) atoms. The third-order valence-corrected chi connectivity index (χ3v) is 10.7. The van der Waals surface area contributed by atoms with Gasteiger partial charge >= 0.3 is 0 Å². The zero-order chi connectivity index (χ0) is 27.6. The van der Waals surface area contributed by atoms with Gasteiger partial charge in [-0.15, -0.1) is 0 Å². The molecule has 0 N–H and O–H groups in total. The van der Waals surface area contributed by atoms with Crippen molar-refractivity contribution in [3.63, 3.8) is 0 Å². The number of amides is 1. The fourth-order valence-electron chi connectivity index (χ4n) is 5.15. The molecule has 2 aliphatic heterocycles. The first-order valence-corrected chi connectivity index (χ1v) is 15.8. The van der Waals surface area contributed by atoms with Crippen LogP contribution in [0.3, 0.4) is 0 Å². The largest absolute Gasteiger partial charge is 0.494 e. The molecule has 5 rings (SSSR count). The van der Waals surface area contributed by atoms with Crippen LogP contribution in [0.25, 0.3) is 10.2 Å². The number of sulfonamides is 1. The molecule has 3 aromatic rings. The number of hydrogen-bond donors (Lipinski definition) is 0. The zero-order valence-electron chi connectivity index (χ0n) is 22.1. The summed E-state index contributed by atoms with van der Waals surface area (Å²) in [5.41, 5.74) is 1.75. The van der Waals surface area contributed by atoms with E-state index in [9.17, 15) is 13.2 Å². The van der Waals surface area contributed by atoms with Crippen LogP contribution in [0.5, 0.6) is 5.75 Å². The number of morpholine rings is 1. The van der Waals surface area contributed by atoms with Crippen LogP contribution in [0.15, 0.2) is 41.3 Å². The molecule has 0 saturated carbocycles. The number of halogens is 1. The Labute approximate surface area is 238 Å². The molecule has 0 radical (unpaired) electrons. The van der Waals surface area contributed by atoms with Crippen LogP contribution in [-0.4, -0.2) is 87.6 Å². The number of ether oxygens (including phenoxy) is 2. The highest BCUT2D eigenvalue weighted by molar-refractivity contribution is 7.89. The van der Waals surface area contributed by atoms with E-state index in [2.05, 4.69) is 4.90 Å². The van der Waals surface area contributed by atoms with Gasteiger partial charge in [-0.2, -0.15) is 4.31 Å². The first kappa shape index (κ1) is 28.3. The first-order chi connectivity index (χ1) is 18.8. The zero-order valence-corrected chi connectivity index (χ0v) is 24.5. The summed E-state index contributed by atoms with van der Waals surface area (Å²) in [6.07, 6.45) is 1.80. The van der Waals surface area contributed by atoms with E-state index in [0.717, 1.165) is 36.3 Å². The van der Waals surface area contributed by atoms with E-state index in [1.54, 1.807) is 24.1 Å². The lowest BCUT2D eigenvalue weighted by Gasteiger charge is -2.30. The molecule has 0 spiro atoms. The van der Waals surface area contributed by atoms with Crippen molar-refractivity contribution in [2.24, 2.45) is 0 Å². The van der Waals surface area contributed by atoms with Crippen LogP contribution in [0.2, 0.25) is 5.02 Å². The van der Waals surface area contributed by atoms with E-state index in [0.29, 0.717) is 54.0 Å². The molecule has 210 valence electrons. The number of fused-ring (bicyclic) bond motifs is 1. The Hall–Kier alpha value is -2.28. The van der Waals surface area contributed by atoms with Gasteiger partial charge in [0.1, 0.15) is 17.3 Å². The topological polar surface area (TPSA) is 92.3 Å². The molecule has 3 heterocycles. The quantitative estimate of drug-likeness (QED) is 0.368. The molecule has 0 aliphatic carbocycles. The fourth-order valence-corrected chi connectivity index (χ4v) is 8.01. The summed E-state index contributed by atoms with van der Waals surface area (Å²) < 4.78 is 40.4. The normalized spacial score (nSPS) is 19.0.